The maximum Gasteiger partial charge on any atom is 0.253 e. The fourth-order valence-electron chi connectivity index (χ4n) is 3.20. The van der Waals surface area contributed by atoms with Crippen molar-refractivity contribution in [1.29, 1.82) is 0 Å². The molecule has 0 unspecified atom stereocenters. The van der Waals surface area contributed by atoms with Gasteiger partial charge in [-0.1, -0.05) is 48.0 Å². The van der Waals surface area contributed by atoms with E-state index < -0.39 is 0 Å². The topological polar surface area (TPSA) is 49.3 Å². The van der Waals surface area contributed by atoms with Crippen molar-refractivity contribution >= 4 is 22.6 Å². The zero-order valence-electron chi connectivity index (χ0n) is 15.3. The first kappa shape index (κ1) is 17.7. The number of carbonyl (C=O) groups excluding carboxylic acids is 1. The SMILES string of the molecule is Cc1ccc(C(=O)N2CCN(c3nc(Cc4ccccc4)ns3)CC2)cc1. The van der Waals surface area contributed by atoms with Crippen molar-refractivity contribution in [3.05, 3.63) is 77.1 Å². The molecule has 0 saturated carbocycles. The molecular formula is C21H22N4OS. The number of hydrogen-bond acceptors (Lipinski definition) is 5. The van der Waals surface area contributed by atoms with E-state index in [1.54, 1.807) is 0 Å². The summed E-state index contributed by atoms with van der Waals surface area (Å²) in [6, 6.07) is 18.1. The zero-order chi connectivity index (χ0) is 18.6. The molecule has 1 saturated heterocycles. The summed E-state index contributed by atoms with van der Waals surface area (Å²) in [4.78, 5) is 21.5. The van der Waals surface area contributed by atoms with Crippen LogP contribution in [0.25, 0.3) is 0 Å². The number of amides is 1. The molecule has 6 heteroatoms. The molecule has 5 nitrogen and oxygen atoms in total. The van der Waals surface area contributed by atoms with Crippen LogP contribution < -0.4 is 4.90 Å². The molecule has 27 heavy (non-hydrogen) atoms. The van der Waals surface area contributed by atoms with Crippen LogP contribution in [0.4, 0.5) is 5.13 Å². The van der Waals surface area contributed by atoms with E-state index in [4.69, 9.17) is 4.98 Å². The second-order valence-corrected chi connectivity index (χ2v) is 7.53. The molecule has 3 aromatic rings. The number of nitrogens with zero attached hydrogens (tertiary/aromatic N) is 4. The fourth-order valence-corrected chi connectivity index (χ4v) is 3.94. The van der Waals surface area contributed by atoms with Gasteiger partial charge >= 0.3 is 0 Å². The Morgan fingerprint density at radius 3 is 2.41 bits per heavy atom. The number of piperazine rings is 1. The van der Waals surface area contributed by atoms with Crippen molar-refractivity contribution in [3.63, 3.8) is 0 Å². The molecule has 0 bridgehead atoms. The lowest BCUT2D eigenvalue weighted by Gasteiger charge is -2.34. The summed E-state index contributed by atoms with van der Waals surface area (Å²) in [5, 5.41) is 0.948. The maximum absolute atomic E-state index is 12.6. The number of carbonyl (C=O) groups is 1. The van der Waals surface area contributed by atoms with E-state index >= 15 is 0 Å². The van der Waals surface area contributed by atoms with Gasteiger partial charge in [0.25, 0.3) is 5.91 Å². The van der Waals surface area contributed by atoms with Crippen LogP contribution in [0.5, 0.6) is 0 Å². The van der Waals surface area contributed by atoms with Gasteiger partial charge in [-0.05, 0) is 24.6 Å². The Bertz CT molecular complexity index is 899. The Labute approximate surface area is 163 Å². The van der Waals surface area contributed by atoms with E-state index in [2.05, 4.69) is 21.4 Å². The zero-order valence-corrected chi connectivity index (χ0v) is 16.2. The monoisotopic (exact) mass is 378 g/mol. The number of rotatable bonds is 4. The number of benzene rings is 2. The largest absolute Gasteiger partial charge is 0.343 e. The molecule has 0 N–H and O–H groups in total. The highest BCUT2D eigenvalue weighted by Crippen LogP contribution is 2.21. The van der Waals surface area contributed by atoms with Crippen LogP contribution in [-0.4, -0.2) is 46.3 Å². The van der Waals surface area contributed by atoms with E-state index in [1.807, 2.05) is 54.3 Å². The molecule has 1 amide bonds. The third-order valence-corrected chi connectivity index (χ3v) is 5.61. The average molecular weight is 379 g/mol. The van der Waals surface area contributed by atoms with Crippen molar-refractivity contribution in [3.8, 4) is 0 Å². The molecule has 138 valence electrons. The van der Waals surface area contributed by atoms with E-state index in [-0.39, 0.29) is 5.91 Å². The quantitative estimate of drug-likeness (QED) is 0.698. The minimum atomic E-state index is 0.108. The van der Waals surface area contributed by atoms with Crippen LogP contribution in [0, 0.1) is 6.92 Å². The minimum Gasteiger partial charge on any atom is -0.343 e. The van der Waals surface area contributed by atoms with E-state index in [1.165, 1.54) is 22.7 Å². The first-order chi connectivity index (χ1) is 13.2. The second kappa shape index (κ2) is 7.88. The van der Waals surface area contributed by atoms with Gasteiger partial charge in [0.05, 0.1) is 0 Å². The Morgan fingerprint density at radius 2 is 1.70 bits per heavy atom. The Morgan fingerprint density at radius 1 is 1.00 bits per heavy atom. The van der Waals surface area contributed by atoms with Gasteiger partial charge in [0.2, 0.25) is 5.13 Å². The van der Waals surface area contributed by atoms with Gasteiger partial charge in [0, 0.05) is 49.7 Å². The van der Waals surface area contributed by atoms with Crippen molar-refractivity contribution in [1.82, 2.24) is 14.3 Å². The van der Waals surface area contributed by atoms with Gasteiger partial charge in [-0.2, -0.15) is 4.37 Å². The first-order valence-electron chi connectivity index (χ1n) is 9.16. The van der Waals surface area contributed by atoms with E-state index in [9.17, 15) is 4.79 Å². The van der Waals surface area contributed by atoms with Gasteiger partial charge in [-0.25, -0.2) is 4.98 Å². The third kappa shape index (κ3) is 4.17. The highest BCUT2D eigenvalue weighted by atomic mass is 32.1. The lowest BCUT2D eigenvalue weighted by atomic mass is 10.1. The third-order valence-electron chi connectivity index (χ3n) is 4.80. The fraction of sp³-hybridized carbons (Fsp3) is 0.286. The average Bonchev–Trinajstić information content (AvgIpc) is 3.17. The molecule has 0 radical (unpaired) electrons. The van der Waals surface area contributed by atoms with Gasteiger partial charge in [-0.15, -0.1) is 0 Å². The normalized spacial score (nSPS) is 14.4. The van der Waals surface area contributed by atoms with Crippen molar-refractivity contribution in [2.24, 2.45) is 0 Å². The molecule has 2 heterocycles. The Kier molecular flexibility index (Phi) is 5.16. The summed E-state index contributed by atoms with van der Waals surface area (Å²) in [6.45, 7) is 5.02. The maximum atomic E-state index is 12.6. The minimum absolute atomic E-state index is 0.108. The van der Waals surface area contributed by atoms with Crippen molar-refractivity contribution < 1.29 is 4.79 Å². The van der Waals surface area contributed by atoms with Crippen LogP contribution in [0.1, 0.15) is 27.3 Å². The highest BCUT2D eigenvalue weighted by molar-refractivity contribution is 7.09. The summed E-state index contributed by atoms with van der Waals surface area (Å²) >= 11 is 1.44. The van der Waals surface area contributed by atoms with Crippen molar-refractivity contribution in [2.45, 2.75) is 13.3 Å². The molecule has 4 rings (SSSR count). The van der Waals surface area contributed by atoms with Gasteiger partial charge < -0.3 is 9.80 Å². The molecule has 1 fully saturated rings. The van der Waals surface area contributed by atoms with Gasteiger partial charge in [0.15, 0.2) is 0 Å². The van der Waals surface area contributed by atoms with Crippen LogP contribution in [0.15, 0.2) is 54.6 Å². The lowest BCUT2D eigenvalue weighted by molar-refractivity contribution is 0.0747. The van der Waals surface area contributed by atoms with Crippen molar-refractivity contribution in [2.75, 3.05) is 31.1 Å². The Hall–Kier alpha value is -2.73. The van der Waals surface area contributed by atoms with Crippen LogP contribution in [-0.2, 0) is 6.42 Å². The predicted molar refractivity (Wildman–Crippen MR) is 108 cm³/mol. The molecule has 0 aliphatic carbocycles. The highest BCUT2D eigenvalue weighted by Gasteiger charge is 2.24. The molecule has 2 aromatic carbocycles. The number of aromatic nitrogens is 2. The predicted octanol–water partition coefficient (Wildman–Crippen LogP) is 3.40. The molecular weight excluding hydrogens is 356 g/mol. The molecule has 1 aromatic heterocycles. The summed E-state index contributed by atoms with van der Waals surface area (Å²) in [6.07, 6.45) is 0.753. The second-order valence-electron chi connectivity index (χ2n) is 6.80. The molecule has 0 spiro atoms. The number of hydrogen-bond donors (Lipinski definition) is 0. The molecule has 0 atom stereocenters. The van der Waals surface area contributed by atoms with Gasteiger partial charge in [-0.3, -0.25) is 4.79 Å². The number of aryl methyl sites for hydroxylation is 1. The standard InChI is InChI=1S/C21H22N4OS/c1-16-7-9-18(10-8-16)20(26)24-11-13-25(14-12-24)21-22-19(23-27-21)15-17-5-3-2-4-6-17/h2-10H,11-15H2,1H3. The van der Waals surface area contributed by atoms with Crippen LogP contribution >= 0.6 is 11.5 Å². The summed E-state index contributed by atoms with van der Waals surface area (Å²) in [7, 11) is 0. The van der Waals surface area contributed by atoms with Crippen LogP contribution in [0.2, 0.25) is 0 Å². The van der Waals surface area contributed by atoms with E-state index in [0.717, 1.165) is 36.0 Å². The molecule has 1 aliphatic heterocycles. The molecule has 1 aliphatic rings. The Balaban J connectivity index is 1.35. The summed E-state index contributed by atoms with van der Waals surface area (Å²) < 4.78 is 4.50. The lowest BCUT2D eigenvalue weighted by Crippen LogP contribution is -2.48. The summed E-state index contributed by atoms with van der Waals surface area (Å²) in [5.74, 6) is 0.969. The van der Waals surface area contributed by atoms with Crippen LogP contribution in [0.3, 0.4) is 0 Å². The van der Waals surface area contributed by atoms with Gasteiger partial charge in [0.1, 0.15) is 5.82 Å². The first-order valence-corrected chi connectivity index (χ1v) is 9.94. The summed E-state index contributed by atoms with van der Waals surface area (Å²) in [5.41, 5.74) is 3.14. The smallest absolute Gasteiger partial charge is 0.253 e. The van der Waals surface area contributed by atoms with E-state index in [0.29, 0.717) is 13.1 Å². The number of anilines is 1.